The molecule has 0 unspecified atom stereocenters. The highest BCUT2D eigenvalue weighted by molar-refractivity contribution is 6.08. The molecule has 2 aromatic carbocycles. The number of carbonyl (C=O) groups excluding carboxylic acids is 1. The fourth-order valence-electron chi connectivity index (χ4n) is 3.38. The number of carbonyl (C=O) groups is 1. The van der Waals surface area contributed by atoms with Gasteiger partial charge in [-0.25, -0.2) is 0 Å². The lowest BCUT2D eigenvalue weighted by molar-refractivity contribution is 0.102. The summed E-state index contributed by atoms with van der Waals surface area (Å²) in [6.45, 7) is 4.72. The second kappa shape index (κ2) is 7.75. The minimum atomic E-state index is -0.288. The van der Waals surface area contributed by atoms with Crippen molar-refractivity contribution >= 4 is 11.6 Å². The maximum Gasteiger partial charge on any atom is 0.282 e. The molecule has 0 saturated heterocycles. The van der Waals surface area contributed by atoms with E-state index in [0.717, 1.165) is 12.0 Å². The van der Waals surface area contributed by atoms with Crippen LogP contribution in [-0.2, 0) is 6.54 Å². The van der Waals surface area contributed by atoms with Crippen LogP contribution in [0.4, 0.5) is 5.69 Å². The van der Waals surface area contributed by atoms with Gasteiger partial charge in [-0.15, -0.1) is 0 Å². The molecule has 2 aliphatic heterocycles. The number of hydrogen-bond acceptors (Lipinski definition) is 3. The second-order valence-electron chi connectivity index (χ2n) is 7.05. The molecule has 1 amide bonds. The first-order valence-corrected chi connectivity index (χ1v) is 9.63. The van der Waals surface area contributed by atoms with Gasteiger partial charge in [0.2, 0.25) is 0 Å². The van der Waals surface area contributed by atoms with Crippen molar-refractivity contribution in [2.45, 2.75) is 26.8 Å². The van der Waals surface area contributed by atoms with E-state index < -0.39 is 0 Å². The number of amides is 1. The van der Waals surface area contributed by atoms with Gasteiger partial charge in [0.15, 0.2) is 0 Å². The molecule has 146 valence electrons. The summed E-state index contributed by atoms with van der Waals surface area (Å²) in [6.07, 6.45) is 4.42. The van der Waals surface area contributed by atoms with E-state index in [4.69, 9.17) is 0 Å². The van der Waals surface area contributed by atoms with Gasteiger partial charge in [-0.1, -0.05) is 37.3 Å². The molecule has 0 radical (unpaired) electrons. The molecular formula is C23H22N4O2. The molecule has 1 N–H and O–H groups in total. The van der Waals surface area contributed by atoms with Gasteiger partial charge in [0.05, 0.1) is 16.8 Å². The summed E-state index contributed by atoms with van der Waals surface area (Å²) in [4.78, 5) is 26.1. The van der Waals surface area contributed by atoms with Crippen molar-refractivity contribution in [3.05, 3.63) is 88.5 Å². The van der Waals surface area contributed by atoms with Crippen molar-refractivity contribution in [3.63, 3.8) is 0 Å². The first kappa shape index (κ1) is 18.7. The molecule has 0 bridgehead atoms. The smallest absolute Gasteiger partial charge is 0.282 e. The minimum Gasteiger partial charge on any atom is -0.353 e. The lowest BCUT2D eigenvalue weighted by atomic mass is 10.1. The molecule has 0 aromatic heterocycles. The van der Waals surface area contributed by atoms with Gasteiger partial charge >= 0.3 is 0 Å². The van der Waals surface area contributed by atoms with Gasteiger partial charge < -0.3 is 9.88 Å². The first-order chi connectivity index (χ1) is 14.1. The van der Waals surface area contributed by atoms with Crippen LogP contribution in [0.5, 0.6) is 0 Å². The Bertz CT molecular complexity index is 1190. The van der Waals surface area contributed by atoms with E-state index in [2.05, 4.69) is 17.3 Å². The lowest BCUT2D eigenvalue weighted by Gasteiger charge is -2.12. The van der Waals surface area contributed by atoms with Crippen molar-refractivity contribution < 1.29 is 4.79 Å². The van der Waals surface area contributed by atoms with Gasteiger partial charge in [0.25, 0.3) is 11.5 Å². The van der Waals surface area contributed by atoms with E-state index >= 15 is 0 Å². The summed E-state index contributed by atoms with van der Waals surface area (Å²) in [5.41, 5.74) is 3.40. The number of anilines is 1. The van der Waals surface area contributed by atoms with Crippen molar-refractivity contribution in [2.75, 3.05) is 5.32 Å². The van der Waals surface area contributed by atoms with Gasteiger partial charge in [0.1, 0.15) is 5.69 Å². The Hall–Kier alpha value is -3.67. The molecule has 0 atom stereocenters. The third-order valence-electron chi connectivity index (χ3n) is 4.73. The number of rotatable bonds is 5. The van der Waals surface area contributed by atoms with E-state index in [0.29, 0.717) is 34.7 Å². The molecule has 2 heterocycles. The standard InChI is InChI=1S/C23H22N4O2/c1-3-12-26-14-19(22(28)24-17-9-7-8-16(2)13-17)21-20(15-26)23(29)27(25-21)18-10-5-4-6-11-18/h4-11,13-15H,3,12H2,1-2H3,(H,24,28). The molecule has 6 nitrogen and oxygen atoms in total. The lowest BCUT2D eigenvalue weighted by Crippen LogP contribution is -2.17. The topological polar surface area (TPSA) is 68.9 Å². The van der Waals surface area contributed by atoms with Crippen molar-refractivity contribution in [2.24, 2.45) is 0 Å². The first-order valence-electron chi connectivity index (χ1n) is 9.63. The largest absolute Gasteiger partial charge is 0.353 e. The predicted octanol–water partition coefficient (Wildman–Crippen LogP) is 4.11. The van der Waals surface area contributed by atoms with Crippen LogP contribution in [0.3, 0.4) is 0 Å². The predicted molar refractivity (Wildman–Crippen MR) is 114 cm³/mol. The van der Waals surface area contributed by atoms with Crippen molar-refractivity contribution in [3.8, 4) is 16.9 Å². The molecule has 0 spiro atoms. The van der Waals surface area contributed by atoms with Crippen LogP contribution in [0.15, 0.2) is 71.8 Å². The minimum absolute atomic E-state index is 0.235. The highest BCUT2D eigenvalue weighted by atomic mass is 16.2. The van der Waals surface area contributed by atoms with Gasteiger partial charge in [0, 0.05) is 24.6 Å². The summed E-state index contributed by atoms with van der Waals surface area (Å²) >= 11 is 0. The zero-order chi connectivity index (χ0) is 20.4. The van der Waals surface area contributed by atoms with E-state index in [9.17, 15) is 9.59 Å². The number of aromatic nitrogens is 3. The second-order valence-corrected chi connectivity index (χ2v) is 7.05. The zero-order valence-corrected chi connectivity index (χ0v) is 16.4. The summed E-state index contributed by atoms with van der Waals surface area (Å²) < 4.78 is 3.23. The molecule has 2 aliphatic rings. The fraction of sp³-hybridized carbons (Fsp3) is 0.174. The number of nitrogens with one attached hydrogen (secondary N) is 1. The van der Waals surface area contributed by atoms with Crippen LogP contribution < -0.4 is 10.9 Å². The van der Waals surface area contributed by atoms with E-state index in [-0.39, 0.29) is 11.5 Å². The Balaban J connectivity index is 1.83. The van der Waals surface area contributed by atoms with Gasteiger partial charge in [-0.3, -0.25) is 9.59 Å². The maximum atomic E-state index is 13.1. The fourth-order valence-corrected chi connectivity index (χ4v) is 3.38. The zero-order valence-electron chi connectivity index (χ0n) is 16.4. The van der Waals surface area contributed by atoms with Crippen LogP contribution in [0, 0.1) is 6.92 Å². The molecule has 4 rings (SSSR count). The van der Waals surface area contributed by atoms with Crippen LogP contribution in [-0.4, -0.2) is 20.3 Å². The van der Waals surface area contributed by atoms with Gasteiger partial charge in [-0.2, -0.15) is 9.78 Å². The van der Waals surface area contributed by atoms with Crippen molar-refractivity contribution in [1.29, 1.82) is 0 Å². The number of pyridine rings is 1. The third-order valence-corrected chi connectivity index (χ3v) is 4.73. The Morgan fingerprint density at radius 2 is 1.86 bits per heavy atom. The number of hydrogen-bond donors (Lipinski definition) is 1. The summed E-state index contributed by atoms with van der Waals surface area (Å²) in [5, 5.41) is 7.42. The van der Waals surface area contributed by atoms with E-state index in [1.807, 2.05) is 66.1 Å². The number of nitrogens with zero attached hydrogens (tertiary/aromatic N) is 3. The summed E-state index contributed by atoms with van der Waals surface area (Å²) in [5.74, 6) is -0.288. The number of para-hydroxylation sites is 1. The quantitative estimate of drug-likeness (QED) is 0.561. The molecule has 2 aromatic rings. The Labute approximate surface area is 168 Å². The molecule has 0 saturated carbocycles. The molecule has 29 heavy (non-hydrogen) atoms. The maximum absolute atomic E-state index is 13.1. The number of fused-ring (bicyclic) bond motifs is 1. The van der Waals surface area contributed by atoms with Gasteiger partial charge in [-0.05, 0) is 43.2 Å². The number of aryl methyl sites for hydroxylation is 2. The van der Waals surface area contributed by atoms with Crippen LogP contribution >= 0.6 is 0 Å². The Morgan fingerprint density at radius 1 is 1.07 bits per heavy atom. The molecule has 0 fully saturated rings. The van der Waals surface area contributed by atoms with Crippen LogP contribution in [0.25, 0.3) is 16.9 Å². The van der Waals surface area contributed by atoms with E-state index in [1.165, 1.54) is 4.68 Å². The Kier molecular flexibility index (Phi) is 4.99. The molecule has 6 heteroatoms. The highest BCUT2D eigenvalue weighted by Gasteiger charge is 2.24. The van der Waals surface area contributed by atoms with E-state index in [1.54, 1.807) is 12.4 Å². The highest BCUT2D eigenvalue weighted by Crippen LogP contribution is 2.24. The van der Waals surface area contributed by atoms with Crippen LogP contribution in [0.2, 0.25) is 0 Å². The average molecular weight is 386 g/mol. The summed E-state index contributed by atoms with van der Waals surface area (Å²) in [7, 11) is 0. The normalized spacial score (nSPS) is 11.0. The summed E-state index contributed by atoms with van der Waals surface area (Å²) in [6, 6.07) is 16.8. The monoisotopic (exact) mass is 386 g/mol. The average Bonchev–Trinajstić information content (AvgIpc) is 3.05. The number of benzene rings is 2. The molecule has 0 aliphatic carbocycles. The van der Waals surface area contributed by atoms with Crippen molar-refractivity contribution in [1.82, 2.24) is 14.3 Å². The molecular weight excluding hydrogens is 364 g/mol. The Morgan fingerprint density at radius 3 is 2.59 bits per heavy atom. The van der Waals surface area contributed by atoms with Crippen LogP contribution in [0.1, 0.15) is 29.3 Å². The third kappa shape index (κ3) is 3.69. The SMILES string of the molecule is CCCn1cc(C(=O)Nc2cccc(C)c2)c2nn(-c3ccccc3)c(=O)c-2c1.